The maximum Gasteiger partial charge on any atom is 0.251 e. The zero-order valence-corrected chi connectivity index (χ0v) is 15.7. The number of carbonyl (C=O) groups is 1. The first-order chi connectivity index (χ1) is 13.1. The molecule has 2 aromatic rings. The maximum absolute atomic E-state index is 12.7. The fraction of sp³-hybridized carbons (Fsp3) is 0.429. The zero-order valence-electron chi connectivity index (χ0n) is 15.7. The van der Waals surface area contributed by atoms with Crippen molar-refractivity contribution in [2.75, 3.05) is 20.2 Å². The lowest BCUT2D eigenvalue weighted by atomic mass is 9.79. The normalized spacial score (nSPS) is 26.4. The molecule has 5 rings (SSSR count). The summed E-state index contributed by atoms with van der Waals surface area (Å²) in [6.45, 7) is 4.53. The van der Waals surface area contributed by atoms with Crippen molar-refractivity contribution in [3.63, 3.8) is 0 Å². The van der Waals surface area contributed by atoms with Crippen molar-refractivity contribution in [3.8, 4) is 17.4 Å². The van der Waals surface area contributed by atoms with E-state index in [1.807, 2.05) is 0 Å². The number of aromatic nitrogens is 1. The summed E-state index contributed by atoms with van der Waals surface area (Å²) in [7, 11) is 1.60. The fourth-order valence-corrected chi connectivity index (χ4v) is 4.15. The molecule has 0 spiro atoms. The molecule has 0 radical (unpaired) electrons. The monoisotopic (exact) mass is 367 g/mol. The van der Waals surface area contributed by atoms with Crippen LogP contribution in [-0.2, 0) is 0 Å². The van der Waals surface area contributed by atoms with Gasteiger partial charge in [0.2, 0.25) is 5.88 Å². The predicted octanol–water partition coefficient (Wildman–Crippen LogP) is 3.10. The van der Waals surface area contributed by atoms with Crippen LogP contribution >= 0.6 is 0 Å². The maximum atomic E-state index is 12.7. The van der Waals surface area contributed by atoms with E-state index in [0.717, 1.165) is 13.1 Å². The fourth-order valence-electron chi connectivity index (χ4n) is 4.15. The van der Waals surface area contributed by atoms with Crippen molar-refractivity contribution >= 4 is 5.91 Å². The van der Waals surface area contributed by atoms with Gasteiger partial charge >= 0.3 is 0 Å². The van der Waals surface area contributed by atoms with Crippen LogP contribution in [0.5, 0.6) is 17.4 Å². The summed E-state index contributed by atoms with van der Waals surface area (Å²) in [5.74, 6) is 2.33. The number of nitrogens with zero attached hydrogens (tertiary/aromatic N) is 2. The molecule has 3 aliphatic rings. The van der Waals surface area contributed by atoms with Crippen molar-refractivity contribution in [2.24, 2.45) is 5.92 Å². The summed E-state index contributed by atoms with van der Waals surface area (Å²) in [4.78, 5) is 19.3. The molecular formula is C21H25N3O3. The van der Waals surface area contributed by atoms with Crippen LogP contribution < -0.4 is 14.8 Å². The van der Waals surface area contributed by atoms with Gasteiger partial charge in [-0.25, -0.2) is 4.98 Å². The van der Waals surface area contributed by atoms with Gasteiger partial charge in [0.05, 0.1) is 7.11 Å². The van der Waals surface area contributed by atoms with Crippen LogP contribution in [0, 0.1) is 5.92 Å². The number of benzene rings is 1. The molecule has 6 nitrogen and oxygen atoms in total. The molecule has 3 fully saturated rings. The van der Waals surface area contributed by atoms with Crippen LogP contribution in [-0.4, -0.2) is 48.1 Å². The minimum absolute atomic E-state index is 0.0216. The summed E-state index contributed by atoms with van der Waals surface area (Å²) < 4.78 is 10.9. The Morgan fingerprint density at radius 3 is 2.56 bits per heavy atom. The quantitative estimate of drug-likeness (QED) is 0.880. The van der Waals surface area contributed by atoms with Gasteiger partial charge in [0.15, 0.2) is 0 Å². The molecule has 0 aliphatic carbocycles. The van der Waals surface area contributed by atoms with Gasteiger partial charge < -0.3 is 14.8 Å². The van der Waals surface area contributed by atoms with Crippen LogP contribution in [0.4, 0.5) is 0 Å². The molecule has 1 amide bonds. The molecule has 2 unspecified atom stereocenters. The number of pyridine rings is 1. The van der Waals surface area contributed by atoms with E-state index >= 15 is 0 Å². The largest absolute Gasteiger partial charge is 0.497 e. The highest BCUT2D eigenvalue weighted by Crippen LogP contribution is 2.32. The molecule has 4 heterocycles. The number of nitrogens with one attached hydrogen (secondary N) is 1. The van der Waals surface area contributed by atoms with E-state index < -0.39 is 0 Å². The molecule has 2 atom stereocenters. The highest BCUT2D eigenvalue weighted by molar-refractivity contribution is 5.94. The second-order valence-electron chi connectivity index (χ2n) is 7.27. The second kappa shape index (κ2) is 7.56. The Morgan fingerprint density at radius 2 is 1.89 bits per heavy atom. The highest BCUT2D eigenvalue weighted by atomic mass is 16.5. The topological polar surface area (TPSA) is 63.7 Å². The third-order valence-electron chi connectivity index (χ3n) is 5.76. The third-order valence-corrected chi connectivity index (χ3v) is 5.76. The average molecular weight is 367 g/mol. The number of hydrogen-bond donors (Lipinski definition) is 1. The van der Waals surface area contributed by atoms with Gasteiger partial charge in [-0.1, -0.05) is 0 Å². The van der Waals surface area contributed by atoms with E-state index in [2.05, 4.69) is 22.1 Å². The first-order valence-corrected chi connectivity index (χ1v) is 9.47. The molecule has 0 saturated carbocycles. The lowest BCUT2D eigenvalue weighted by Crippen LogP contribution is -2.62. The summed E-state index contributed by atoms with van der Waals surface area (Å²) >= 11 is 0. The van der Waals surface area contributed by atoms with Gasteiger partial charge in [-0.3, -0.25) is 9.69 Å². The molecule has 142 valence electrons. The van der Waals surface area contributed by atoms with Gasteiger partial charge in [-0.15, -0.1) is 0 Å². The van der Waals surface area contributed by atoms with E-state index in [-0.39, 0.29) is 11.9 Å². The Labute approximate surface area is 159 Å². The standard InChI is InChI=1S/C21H25N3O3/c1-14-20(15-8-11-24(14)12-9-15)23-21(25)16-3-5-17(6-4-16)27-19-13-18(26-2)7-10-22-19/h3-7,10,13-15,20H,8-9,11-12H2,1-2H3,(H,23,25). The van der Waals surface area contributed by atoms with Crippen molar-refractivity contribution in [1.29, 1.82) is 0 Å². The zero-order chi connectivity index (χ0) is 18.8. The van der Waals surface area contributed by atoms with Crippen LogP contribution in [0.25, 0.3) is 0 Å². The van der Waals surface area contributed by atoms with Crippen LogP contribution in [0.3, 0.4) is 0 Å². The van der Waals surface area contributed by atoms with Crippen molar-refractivity contribution < 1.29 is 14.3 Å². The number of amides is 1. The van der Waals surface area contributed by atoms with E-state index in [4.69, 9.17) is 9.47 Å². The Bertz CT molecular complexity index is 799. The summed E-state index contributed by atoms with van der Waals surface area (Å²) in [5, 5.41) is 3.25. The van der Waals surface area contributed by atoms with Gasteiger partial charge in [-0.2, -0.15) is 0 Å². The molecular weight excluding hydrogens is 342 g/mol. The summed E-state index contributed by atoms with van der Waals surface area (Å²) in [5.41, 5.74) is 0.643. The van der Waals surface area contributed by atoms with Crippen LogP contribution in [0.1, 0.15) is 30.1 Å². The molecule has 1 aromatic carbocycles. The van der Waals surface area contributed by atoms with Crippen LogP contribution in [0.15, 0.2) is 42.6 Å². The third kappa shape index (κ3) is 3.76. The Balaban J connectivity index is 1.40. The van der Waals surface area contributed by atoms with Crippen LogP contribution in [0.2, 0.25) is 0 Å². The predicted molar refractivity (Wildman–Crippen MR) is 102 cm³/mol. The number of ether oxygens (including phenoxy) is 2. The van der Waals surface area contributed by atoms with Crippen molar-refractivity contribution in [2.45, 2.75) is 31.8 Å². The Hall–Kier alpha value is -2.60. The van der Waals surface area contributed by atoms with Gasteiger partial charge in [0.25, 0.3) is 5.91 Å². The number of rotatable bonds is 5. The van der Waals surface area contributed by atoms with E-state index in [1.165, 1.54) is 12.8 Å². The Morgan fingerprint density at radius 1 is 1.15 bits per heavy atom. The minimum Gasteiger partial charge on any atom is -0.497 e. The number of fused-ring (bicyclic) bond motifs is 3. The molecule has 27 heavy (non-hydrogen) atoms. The molecule has 3 aliphatic heterocycles. The lowest BCUT2D eigenvalue weighted by Gasteiger charge is -2.49. The first kappa shape index (κ1) is 17.8. The summed E-state index contributed by atoms with van der Waals surface area (Å²) in [6.07, 6.45) is 3.98. The van der Waals surface area contributed by atoms with Gasteiger partial charge in [-0.05, 0) is 69.1 Å². The SMILES string of the molecule is COc1ccnc(Oc2ccc(C(=O)NC3C4CCN(CC4)C3C)cc2)c1. The molecule has 1 N–H and O–H groups in total. The highest BCUT2D eigenvalue weighted by Gasteiger charge is 2.40. The number of carbonyl (C=O) groups excluding carboxylic acids is 1. The minimum atomic E-state index is -0.0216. The van der Waals surface area contributed by atoms with E-state index in [1.54, 1.807) is 49.7 Å². The Kier molecular flexibility index (Phi) is 4.99. The molecule has 3 saturated heterocycles. The van der Waals surface area contributed by atoms with E-state index in [9.17, 15) is 4.79 Å². The second-order valence-corrected chi connectivity index (χ2v) is 7.27. The van der Waals surface area contributed by atoms with E-state index in [0.29, 0.717) is 34.9 Å². The average Bonchev–Trinajstić information content (AvgIpc) is 2.71. The van der Waals surface area contributed by atoms with Crippen molar-refractivity contribution in [3.05, 3.63) is 48.2 Å². The number of piperidine rings is 3. The lowest BCUT2D eigenvalue weighted by molar-refractivity contribution is 0.0217. The molecule has 2 bridgehead atoms. The number of methoxy groups -OCH3 is 1. The van der Waals surface area contributed by atoms with Gasteiger partial charge in [0.1, 0.15) is 11.5 Å². The smallest absolute Gasteiger partial charge is 0.251 e. The summed E-state index contributed by atoms with van der Waals surface area (Å²) in [6, 6.07) is 11.3. The number of hydrogen-bond acceptors (Lipinski definition) is 5. The van der Waals surface area contributed by atoms with Gasteiger partial charge in [0, 0.05) is 29.9 Å². The molecule has 6 heteroatoms. The first-order valence-electron chi connectivity index (χ1n) is 9.47. The van der Waals surface area contributed by atoms with Crippen molar-refractivity contribution in [1.82, 2.24) is 15.2 Å². The molecule has 1 aromatic heterocycles.